The number of para-hydroxylation sites is 1. The van der Waals surface area contributed by atoms with Crippen molar-refractivity contribution in [3.05, 3.63) is 33.5 Å². The second-order valence-corrected chi connectivity index (χ2v) is 4.11. The van der Waals surface area contributed by atoms with Crippen LogP contribution in [-0.4, -0.2) is 15.8 Å². The van der Waals surface area contributed by atoms with E-state index in [0.717, 1.165) is 20.2 Å². The quantitative estimate of drug-likeness (QED) is 0.760. The van der Waals surface area contributed by atoms with Crippen LogP contribution in [0.4, 0.5) is 4.79 Å². The standard InChI is InChI=1S/C10H8INO2/c1-6-9(11)7-4-2-3-5-8(7)12(6)10(13)14/h2-5H,1H3,(H,13,14). The summed E-state index contributed by atoms with van der Waals surface area (Å²) in [6.07, 6.45) is -0.929. The van der Waals surface area contributed by atoms with Crippen LogP contribution in [-0.2, 0) is 0 Å². The Morgan fingerprint density at radius 3 is 2.71 bits per heavy atom. The molecule has 1 heterocycles. The normalized spacial score (nSPS) is 10.7. The van der Waals surface area contributed by atoms with Crippen LogP contribution in [0.15, 0.2) is 24.3 Å². The Bertz CT molecular complexity index is 516. The highest BCUT2D eigenvalue weighted by Crippen LogP contribution is 2.26. The van der Waals surface area contributed by atoms with Crippen molar-refractivity contribution in [2.45, 2.75) is 6.92 Å². The summed E-state index contributed by atoms with van der Waals surface area (Å²) in [4.78, 5) is 11.0. The number of carboxylic acid groups (broad SMARTS) is 1. The molecule has 2 aromatic rings. The van der Waals surface area contributed by atoms with Gasteiger partial charge in [-0.05, 0) is 35.6 Å². The third-order valence-electron chi connectivity index (χ3n) is 2.23. The lowest BCUT2D eigenvalue weighted by Crippen LogP contribution is -2.09. The van der Waals surface area contributed by atoms with E-state index in [9.17, 15) is 4.79 Å². The first-order chi connectivity index (χ1) is 6.63. The summed E-state index contributed by atoms with van der Waals surface area (Å²) < 4.78 is 2.32. The van der Waals surface area contributed by atoms with Gasteiger partial charge in [0.1, 0.15) is 0 Å². The third kappa shape index (κ3) is 1.21. The molecule has 0 radical (unpaired) electrons. The van der Waals surface area contributed by atoms with Crippen molar-refractivity contribution >= 4 is 39.6 Å². The van der Waals surface area contributed by atoms with E-state index in [1.807, 2.05) is 31.2 Å². The van der Waals surface area contributed by atoms with E-state index in [1.165, 1.54) is 4.57 Å². The molecule has 0 unspecified atom stereocenters. The Labute approximate surface area is 94.5 Å². The van der Waals surface area contributed by atoms with Crippen LogP contribution in [0.5, 0.6) is 0 Å². The Balaban J connectivity index is 2.95. The van der Waals surface area contributed by atoms with E-state index in [4.69, 9.17) is 5.11 Å². The van der Waals surface area contributed by atoms with Crippen molar-refractivity contribution in [1.82, 2.24) is 4.57 Å². The minimum atomic E-state index is -0.929. The number of aromatic nitrogens is 1. The molecule has 0 atom stereocenters. The van der Waals surface area contributed by atoms with Gasteiger partial charge in [-0.25, -0.2) is 9.36 Å². The van der Waals surface area contributed by atoms with E-state index < -0.39 is 6.09 Å². The fourth-order valence-corrected chi connectivity index (χ4v) is 2.27. The van der Waals surface area contributed by atoms with Crippen LogP contribution >= 0.6 is 22.6 Å². The summed E-state index contributed by atoms with van der Waals surface area (Å²) in [6, 6.07) is 7.51. The van der Waals surface area contributed by atoms with Crippen LogP contribution in [0.25, 0.3) is 10.9 Å². The molecule has 0 aliphatic rings. The maximum atomic E-state index is 11.0. The summed E-state index contributed by atoms with van der Waals surface area (Å²) in [5.74, 6) is 0. The van der Waals surface area contributed by atoms with E-state index in [0.29, 0.717) is 0 Å². The molecule has 1 aromatic carbocycles. The van der Waals surface area contributed by atoms with Crippen LogP contribution in [0.3, 0.4) is 0 Å². The topological polar surface area (TPSA) is 42.2 Å². The number of rotatable bonds is 0. The molecule has 14 heavy (non-hydrogen) atoms. The summed E-state index contributed by atoms with van der Waals surface area (Å²) in [5.41, 5.74) is 1.53. The molecule has 3 nitrogen and oxygen atoms in total. The lowest BCUT2D eigenvalue weighted by molar-refractivity contribution is 0.197. The molecular formula is C10H8INO2. The SMILES string of the molecule is Cc1c(I)c2ccccc2n1C(=O)O. The maximum absolute atomic E-state index is 11.0. The van der Waals surface area contributed by atoms with E-state index in [1.54, 1.807) is 0 Å². The van der Waals surface area contributed by atoms with Crippen molar-refractivity contribution in [2.24, 2.45) is 0 Å². The van der Waals surface area contributed by atoms with Gasteiger partial charge in [0.2, 0.25) is 0 Å². The lowest BCUT2D eigenvalue weighted by atomic mass is 10.2. The molecule has 1 N–H and O–H groups in total. The summed E-state index contributed by atoms with van der Waals surface area (Å²) >= 11 is 2.17. The average Bonchev–Trinajstić information content (AvgIpc) is 2.41. The van der Waals surface area contributed by atoms with E-state index in [-0.39, 0.29) is 0 Å². The van der Waals surface area contributed by atoms with Gasteiger partial charge in [-0.1, -0.05) is 18.2 Å². The van der Waals surface area contributed by atoms with Gasteiger partial charge >= 0.3 is 6.09 Å². The highest BCUT2D eigenvalue weighted by molar-refractivity contribution is 14.1. The Hall–Kier alpha value is -1.04. The number of halogens is 1. The lowest BCUT2D eigenvalue weighted by Gasteiger charge is -1.99. The number of benzene rings is 1. The minimum absolute atomic E-state index is 0.752. The molecule has 4 heteroatoms. The molecule has 0 amide bonds. The molecule has 0 aliphatic carbocycles. The van der Waals surface area contributed by atoms with Crippen LogP contribution in [0.1, 0.15) is 5.69 Å². The fraction of sp³-hybridized carbons (Fsp3) is 0.100. The molecule has 0 bridgehead atoms. The molecule has 0 spiro atoms. The summed E-state index contributed by atoms with van der Waals surface area (Å²) in [6.45, 7) is 1.82. The van der Waals surface area contributed by atoms with Crippen molar-refractivity contribution in [1.29, 1.82) is 0 Å². The highest BCUT2D eigenvalue weighted by atomic mass is 127. The van der Waals surface area contributed by atoms with Gasteiger partial charge < -0.3 is 5.11 Å². The zero-order valence-corrected chi connectivity index (χ0v) is 9.65. The fourth-order valence-electron chi connectivity index (χ4n) is 1.57. The first-order valence-electron chi connectivity index (χ1n) is 4.11. The van der Waals surface area contributed by atoms with Crippen molar-refractivity contribution < 1.29 is 9.90 Å². The second kappa shape index (κ2) is 3.27. The number of fused-ring (bicyclic) bond motifs is 1. The van der Waals surface area contributed by atoms with Crippen molar-refractivity contribution in [3.8, 4) is 0 Å². The molecule has 1 aromatic heterocycles. The van der Waals surface area contributed by atoms with E-state index in [2.05, 4.69) is 22.6 Å². The Kier molecular flexibility index (Phi) is 2.22. The third-order valence-corrected chi connectivity index (χ3v) is 3.59. The smallest absolute Gasteiger partial charge is 0.416 e. The molecule has 72 valence electrons. The first kappa shape index (κ1) is 9.51. The van der Waals surface area contributed by atoms with Gasteiger partial charge in [-0.3, -0.25) is 0 Å². The van der Waals surface area contributed by atoms with Gasteiger partial charge in [-0.15, -0.1) is 0 Å². The molecular weight excluding hydrogens is 293 g/mol. The molecule has 0 fully saturated rings. The van der Waals surface area contributed by atoms with Gasteiger partial charge in [0.25, 0.3) is 0 Å². The Morgan fingerprint density at radius 2 is 2.07 bits per heavy atom. The average molecular weight is 301 g/mol. The molecule has 0 aliphatic heterocycles. The van der Waals surface area contributed by atoms with Crippen molar-refractivity contribution in [3.63, 3.8) is 0 Å². The van der Waals surface area contributed by atoms with Gasteiger partial charge in [0.05, 0.1) is 5.52 Å². The molecule has 2 rings (SSSR count). The van der Waals surface area contributed by atoms with Crippen LogP contribution in [0.2, 0.25) is 0 Å². The van der Waals surface area contributed by atoms with Crippen molar-refractivity contribution in [2.75, 3.05) is 0 Å². The van der Waals surface area contributed by atoms with Crippen LogP contribution in [0, 0.1) is 10.5 Å². The van der Waals surface area contributed by atoms with Gasteiger partial charge in [0.15, 0.2) is 0 Å². The zero-order valence-electron chi connectivity index (χ0n) is 7.49. The Morgan fingerprint density at radius 1 is 1.43 bits per heavy atom. The monoisotopic (exact) mass is 301 g/mol. The molecule has 0 saturated heterocycles. The van der Waals surface area contributed by atoms with Gasteiger partial charge in [-0.2, -0.15) is 0 Å². The first-order valence-corrected chi connectivity index (χ1v) is 5.19. The number of carbonyl (C=O) groups is 1. The molecule has 0 saturated carbocycles. The largest absolute Gasteiger partial charge is 0.464 e. The number of hydrogen-bond acceptors (Lipinski definition) is 1. The highest BCUT2D eigenvalue weighted by Gasteiger charge is 2.15. The number of hydrogen-bond donors (Lipinski definition) is 1. The predicted octanol–water partition coefficient (Wildman–Crippen LogP) is 3.08. The minimum Gasteiger partial charge on any atom is -0.464 e. The van der Waals surface area contributed by atoms with E-state index >= 15 is 0 Å². The van der Waals surface area contributed by atoms with Crippen LogP contribution < -0.4 is 0 Å². The summed E-state index contributed by atoms with van der Waals surface area (Å²) in [5, 5.41) is 10.0. The summed E-state index contributed by atoms with van der Waals surface area (Å²) in [7, 11) is 0. The zero-order chi connectivity index (χ0) is 10.3. The maximum Gasteiger partial charge on any atom is 0.416 e. The second-order valence-electron chi connectivity index (χ2n) is 3.03. The van der Waals surface area contributed by atoms with Gasteiger partial charge in [0, 0.05) is 14.7 Å². The predicted molar refractivity (Wildman–Crippen MR) is 62.8 cm³/mol. The number of nitrogens with zero attached hydrogens (tertiary/aromatic N) is 1.